The Bertz CT molecular complexity index is 502. The van der Waals surface area contributed by atoms with Crippen LogP contribution in [-0.4, -0.2) is 36.6 Å². The zero-order valence-electron chi connectivity index (χ0n) is 11.8. The monoisotopic (exact) mass is 281 g/mol. The summed E-state index contributed by atoms with van der Waals surface area (Å²) in [4.78, 5) is 23.5. The Kier molecular flexibility index (Phi) is 5.45. The van der Waals surface area contributed by atoms with Crippen LogP contribution in [0.5, 0.6) is 0 Å². The van der Waals surface area contributed by atoms with Crippen molar-refractivity contribution in [3.05, 3.63) is 33.9 Å². The molecule has 0 aromatic heterocycles. The van der Waals surface area contributed by atoms with Gasteiger partial charge in [0, 0.05) is 33.1 Å². The molecular formula is C13H19N3O4. The summed E-state index contributed by atoms with van der Waals surface area (Å²) in [6.45, 7) is 1.92. The highest BCUT2D eigenvalue weighted by Gasteiger charge is 2.19. The fourth-order valence-corrected chi connectivity index (χ4v) is 1.78. The van der Waals surface area contributed by atoms with Gasteiger partial charge in [0.05, 0.1) is 11.0 Å². The predicted octanol–water partition coefficient (Wildman–Crippen LogP) is 1.22. The number of nitro groups is 1. The standard InChI is InChI=1S/C13H19N3O4/c1-9(17)10-4-5-11(12(8-10)16(19)20)15(3)7-6-13(18)14-2/h4-5,8-9,17H,6-7H2,1-3H3,(H,14,18)/t9-/m0/s1. The Balaban J connectivity index is 2.98. The molecule has 0 spiro atoms. The molecule has 0 heterocycles. The molecule has 0 saturated heterocycles. The molecule has 7 nitrogen and oxygen atoms in total. The van der Waals surface area contributed by atoms with E-state index in [1.807, 2.05) is 0 Å². The fourth-order valence-electron chi connectivity index (χ4n) is 1.78. The van der Waals surface area contributed by atoms with Gasteiger partial charge in [0.15, 0.2) is 0 Å². The van der Waals surface area contributed by atoms with Crippen molar-refractivity contribution in [1.29, 1.82) is 0 Å². The van der Waals surface area contributed by atoms with Gasteiger partial charge in [-0.05, 0) is 18.6 Å². The third-order valence-electron chi connectivity index (χ3n) is 3.04. The second-order valence-electron chi connectivity index (χ2n) is 4.53. The van der Waals surface area contributed by atoms with Crippen molar-refractivity contribution in [3.63, 3.8) is 0 Å². The molecule has 0 aliphatic carbocycles. The van der Waals surface area contributed by atoms with Crippen molar-refractivity contribution < 1.29 is 14.8 Å². The third kappa shape index (κ3) is 3.92. The van der Waals surface area contributed by atoms with Gasteiger partial charge in [0.1, 0.15) is 5.69 Å². The largest absolute Gasteiger partial charge is 0.389 e. The van der Waals surface area contributed by atoms with Gasteiger partial charge in [-0.2, -0.15) is 0 Å². The smallest absolute Gasteiger partial charge is 0.292 e. The molecule has 0 aliphatic rings. The predicted molar refractivity (Wildman–Crippen MR) is 75.7 cm³/mol. The molecule has 20 heavy (non-hydrogen) atoms. The topological polar surface area (TPSA) is 95.7 Å². The van der Waals surface area contributed by atoms with Gasteiger partial charge in [0.25, 0.3) is 5.69 Å². The highest BCUT2D eigenvalue weighted by atomic mass is 16.6. The van der Waals surface area contributed by atoms with Crippen LogP contribution in [0.4, 0.5) is 11.4 Å². The minimum absolute atomic E-state index is 0.0807. The zero-order valence-corrected chi connectivity index (χ0v) is 11.8. The molecule has 1 aromatic carbocycles. The number of aliphatic hydroxyl groups excluding tert-OH is 1. The molecule has 2 N–H and O–H groups in total. The minimum Gasteiger partial charge on any atom is -0.389 e. The van der Waals surface area contributed by atoms with Gasteiger partial charge < -0.3 is 15.3 Å². The molecule has 110 valence electrons. The fraction of sp³-hybridized carbons (Fsp3) is 0.462. The van der Waals surface area contributed by atoms with Crippen molar-refractivity contribution in [1.82, 2.24) is 5.32 Å². The number of hydrogen-bond donors (Lipinski definition) is 2. The minimum atomic E-state index is -0.765. The van der Waals surface area contributed by atoms with E-state index in [0.29, 0.717) is 17.8 Å². The number of nitro benzene ring substituents is 1. The van der Waals surface area contributed by atoms with Crippen LogP contribution in [0.3, 0.4) is 0 Å². The lowest BCUT2D eigenvalue weighted by Crippen LogP contribution is -2.26. The quantitative estimate of drug-likeness (QED) is 0.603. The lowest BCUT2D eigenvalue weighted by molar-refractivity contribution is -0.384. The number of aliphatic hydroxyl groups is 1. The first-order valence-corrected chi connectivity index (χ1v) is 6.25. The Labute approximate surface area is 117 Å². The Morgan fingerprint density at radius 2 is 2.20 bits per heavy atom. The first-order chi connectivity index (χ1) is 9.36. The molecule has 0 unspecified atom stereocenters. The van der Waals surface area contributed by atoms with Crippen LogP contribution < -0.4 is 10.2 Å². The Morgan fingerprint density at radius 3 is 2.70 bits per heavy atom. The van der Waals surface area contributed by atoms with Gasteiger partial charge in [-0.25, -0.2) is 0 Å². The molecule has 0 aliphatic heterocycles. The number of benzene rings is 1. The molecule has 0 saturated carbocycles. The maximum Gasteiger partial charge on any atom is 0.292 e. The van der Waals surface area contributed by atoms with Crippen molar-refractivity contribution in [2.45, 2.75) is 19.4 Å². The van der Waals surface area contributed by atoms with Crippen LogP contribution in [0.2, 0.25) is 0 Å². The maximum absolute atomic E-state index is 11.2. The number of carbonyl (C=O) groups is 1. The number of nitrogens with one attached hydrogen (secondary N) is 1. The van der Waals surface area contributed by atoms with E-state index in [2.05, 4.69) is 5.32 Å². The highest BCUT2D eigenvalue weighted by molar-refractivity contribution is 5.76. The summed E-state index contributed by atoms with van der Waals surface area (Å²) in [6, 6.07) is 4.59. The van der Waals surface area contributed by atoms with E-state index in [1.54, 1.807) is 38.1 Å². The van der Waals surface area contributed by atoms with Crippen molar-refractivity contribution in [2.75, 3.05) is 25.5 Å². The molecular weight excluding hydrogens is 262 g/mol. The lowest BCUT2D eigenvalue weighted by atomic mass is 10.1. The summed E-state index contributed by atoms with van der Waals surface area (Å²) < 4.78 is 0. The molecule has 0 radical (unpaired) electrons. The van der Waals surface area contributed by atoms with Crippen LogP contribution in [0.25, 0.3) is 0 Å². The van der Waals surface area contributed by atoms with Gasteiger partial charge >= 0.3 is 0 Å². The van der Waals surface area contributed by atoms with E-state index in [0.717, 1.165) is 0 Å². The van der Waals surface area contributed by atoms with E-state index in [-0.39, 0.29) is 18.0 Å². The summed E-state index contributed by atoms with van der Waals surface area (Å²) in [5.41, 5.74) is 0.825. The first-order valence-electron chi connectivity index (χ1n) is 6.25. The van der Waals surface area contributed by atoms with Gasteiger partial charge in [-0.3, -0.25) is 14.9 Å². The number of nitrogens with zero attached hydrogens (tertiary/aromatic N) is 2. The number of amides is 1. The lowest BCUT2D eigenvalue weighted by Gasteiger charge is -2.19. The molecule has 1 rings (SSSR count). The summed E-state index contributed by atoms with van der Waals surface area (Å²) >= 11 is 0. The highest BCUT2D eigenvalue weighted by Crippen LogP contribution is 2.30. The van der Waals surface area contributed by atoms with Gasteiger partial charge in [-0.1, -0.05) is 6.07 Å². The van der Waals surface area contributed by atoms with Crippen LogP contribution in [0, 0.1) is 10.1 Å². The molecule has 1 atom stereocenters. The Morgan fingerprint density at radius 1 is 1.55 bits per heavy atom. The molecule has 1 amide bonds. The number of carbonyl (C=O) groups excluding carboxylic acids is 1. The molecule has 0 fully saturated rings. The number of hydrogen-bond acceptors (Lipinski definition) is 5. The van der Waals surface area contributed by atoms with Crippen molar-refractivity contribution in [2.24, 2.45) is 0 Å². The first kappa shape index (κ1) is 15.9. The normalized spacial score (nSPS) is 11.8. The molecule has 7 heteroatoms. The van der Waals surface area contributed by atoms with E-state index in [1.165, 1.54) is 6.07 Å². The van der Waals surface area contributed by atoms with Gasteiger partial charge in [-0.15, -0.1) is 0 Å². The second kappa shape index (κ2) is 6.85. The van der Waals surface area contributed by atoms with Crippen LogP contribution >= 0.6 is 0 Å². The van der Waals surface area contributed by atoms with Crippen molar-refractivity contribution in [3.8, 4) is 0 Å². The summed E-state index contributed by atoms with van der Waals surface area (Å²) in [5, 5.41) is 23.1. The second-order valence-corrected chi connectivity index (χ2v) is 4.53. The SMILES string of the molecule is CNC(=O)CCN(C)c1ccc([C@H](C)O)cc1[N+](=O)[O-]. The van der Waals surface area contributed by atoms with E-state index < -0.39 is 11.0 Å². The molecule has 1 aromatic rings. The summed E-state index contributed by atoms with van der Waals surface area (Å²) in [7, 11) is 3.23. The average Bonchev–Trinajstić information content (AvgIpc) is 2.43. The van der Waals surface area contributed by atoms with Crippen LogP contribution in [-0.2, 0) is 4.79 Å². The van der Waals surface area contributed by atoms with E-state index in [9.17, 15) is 20.0 Å². The summed E-state index contributed by atoms with van der Waals surface area (Å²) in [5.74, 6) is -0.125. The number of rotatable bonds is 6. The van der Waals surface area contributed by atoms with Crippen molar-refractivity contribution >= 4 is 17.3 Å². The van der Waals surface area contributed by atoms with Crippen LogP contribution in [0.1, 0.15) is 25.0 Å². The summed E-state index contributed by atoms with van der Waals surface area (Å²) in [6.07, 6.45) is -0.513. The van der Waals surface area contributed by atoms with Gasteiger partial charge in [0.2, 0.25) is 5.91 Å². The Hall–Kier alpha value is -2.15. The molecule has 0 bridgehead atoms. The number of anilines is 1. The van der Waals surface area contributed by atoms with E-state index in [4.69, 9.17) is 0 Å². The zero-order chi connectivity index (χ0) is 15.3. The average molecular weight is 281 g/mol. The maximum atomic E-state index is 11.2. The van der Waals surface area contributed by atoms with E-state index >= 15 is 0 Å². The third-order valence-corrected chi connectivity index (χ3v) is 3.04. The van der Waals surface area contributed by atoms with Crippen LogP contribution in [0.15, 0.2) is 18.2 Å².